The van der Waals surface area contributed by atoms with E-state index in [-0.39, 0.29) is 22.9 Å². The number of methoxy groups -OCH3 is 1. The maximum absolute atomic E-state index is 12.7. The number of carbonyl (C=O) groups is 1. The number of ether oxygens (including phenoxy) is 1. The van der Waals surface area contributed by atoms with Crippen LogP contribution in [0, 0.1) is 0 Å². The van der Waals surface area contributed by atoms with Crippen molar-refractivity contribution in [2.45, 2.75) is 11.4 Å². The Hall–Kier alpha value is -2.56. The molecule has 2 heterocycles. The maximum atomic E-state index is 12.7. The molecule has 0 atom stereocenters. The number of esters is 1. The summed E-state index contributed by atoms with van der Waals surface area (Å²) in [6.07, 6.45) is 0. The first-order valence-electron chi connectivity index (χ1n) is 7.43. The van der Waals surface area contributed by atoms with Crippen LogP contribution in [0.25, 0.3) is 10.7 Å². The van der Waals surface area contributed by atoms with Gasteiger partial charge in [-0.25, -0.2) is 13.2 Å². The Kier molecular flexibility index (Phi) is 5.16. The van der Waals surface area contributed by atoms with Crippen LogP contribution in [0.4, 0.5) is 0 Å². The van der Waals surface area contributed by atoms with Crippen molar-refractivity contribution in [3.05, 3.63) is 53.2 Å². The number of aromatic nitrogens is 2. The topological polar surface area (TPSA) is 103 Å². The summed E-state index contributed by atoms with van der Waals surface area (Å²) in [5, 5.41) is 5.74. The number of carbonyl (C=O) groups excluding carboxylic acids is 1. The molecule has 0 aliphatic rings. The standard InChI is InChI=1S/C16H15N3O5S2/c1-19(10-14-17-15(18-24-14)13-7-4-8-25-13)26(21,22)12-6-3-5-11(9-12)16(20)23-2/h3-9H,10H2,1-2H3. The molecular weight excluding hydrogens is 378 g/mol. The summed E-state index contributed by atoms with van der Waals surface area (Å²) in [6, 6.07) is 9.34. The largest absolute Gasteiger partial charge is 0.465 e. The van der Waals surface area contributed by atoms with Crippen molar-refractivity contribution < 1.29 is 22.5 Å². The van der Waals surface area contributed by atoms with Gasteiger partial charge in [0.2, 0.25) is 21.7 Å². The first kappa shape index (κ1) is 18.2. The zero-order valence-electron chi connectivity index (χ0n) is 13.9. The average molecular weight is 393 g/mol. The highest BCUT2D eigenvalue weighted by molar-refractivity contribution is 7.89. The molecule has 0 saturated carbocycles. The molecule has 0 amide bonds. The molecule has 2 aromatic heterocycles. The highest BCUT2D eigenvalue weighted by Gasteiger charge is 2.24. The van der Waals surface area contributed by atoms with Crippen molar-refractivity contribution in [2.75, 3.05) is 14.2 Å². The van der Waals surface area contributed by atoms with Crippen LogP contribution < -0.4 is 0 Å². The zero-order valence-corrected chi connectivity index (χ0v) is 15.6. The molecule has 1 aromatic carbocycles. The van der Waals surface area contributed by atoms with E-state index in [2.05, 4.69) is 14.9 Å². The summed E-state index contributed by atoms with van der Waals surface area (Å²) in [6.45, 7) is -0.0941. The molecular formula is C16H15N3O5S2. The Morgan fingerprint density at radius 1 is 1.31 bits per heavy atom. The van der Waals surface area contributed by atoms with Gasteiger partial charge in [-0.2, -0.15) is 9.29 Å². The SMILES string of the molecule is COC(=O)c1cccc(S(=O)(=O)N(C)Cc2nc(-c3cccs3)no2)c1. The van der Waals surface area contributed by atoms with E-state index >= 15 is 0 Å². The molecule has 0 saturated heterocycles. The molecule has 0 aliphatic carbocycles. The lowest BCUT2D eigenvalue weighted by Crippen LogP contribution is -2.26. The smallest absolute Gasteiger partial charge is 0.337 e. The van der Waals surface area contributed by atoms with E-state index in [1.165, 1.54) is 49.8 Å². The molecule has 0 N–H and O–H groups in total. The predicted molar refractivity (Wildman–Crippen MR) is 94.0 cm³/mol. The van der Waals surface area contributed by atoms with Crippen molar-refractivity contribution in [2.24, 2.45) is 0 Å². The van der Waals surface area contributed by atoms with Gasteiger partial charge in [-0.15, -0.1) is 11.3 Å². The number of sulfonamides is 1. The number of hydrogen-bond donors (Lipinski definition) is 0. The van der Waals surface area contributed by atoms with Gasteiger partial charge in [0.1, 0.15) is 0 Å². The van der Waals surface area contributed by atoms with Crippen molar-refractivity contribution in [1.29, 1.82) is 0 Å². The summed E-state index contributed by atoms with van der Waals surface area (Å²) < 4.78 is 36.3. The fraction of sp³-hybridized carbons (Fsp3) is 0.188. The molecule has 26 heavy (non-hydrogen) atoms. The van der Waals surface area contributed by atoms with Crippen molar-refractivity contribution in [1.82, 2.24) is 14.4 Å². The van der Waals surface area contributed by atoms with E-state index < -0.39 is 16.0 Å². The van der Waals surface area contributed by atoms with Crippen LogP contribution in [-0.4, -0.2) is 43.0 Å². The first-order valence-corrected chi connectivity index (χ1v) is 9.75. The van der Waals surface area contributed by atoms with Crippen LogP contribution in [0.2, 0.25) is 0 Å². The van der Waals surface area contributed by atoms with Gasteiger partial charge in [-0.3, -0.25) is 0 Å². The molecule has 0 radical (unpaired) electrons. The quantitative estimate of drug-likeness (QED) is 0.593. The number of thiophene rings is 1. The first-order chi connectivity index (χ1) is 12.4. The van der Waals surface area contributed by atoms with E-state index in [9.17, 15) is 13.2 Å². The highest BCUT2D eigenvalue weighted by Crippen LogP contribution is 2.23. The van der Waals surface area contributed by atoms with Gasteiger partial charge in [-0.05, 0) is 29.6 Å². The zero-order chi connectivity index (χ0) is 18.7. The van der Waals surface area contributed by atoms with E-state index in [0.29, 0.717) is 5.82 Å². The van der Waals surface area contributed by atoms with Crippen molar-refractivity contribution in [3.8, 4) is 10.7 Å². The van der Waals surface area contributed by atoms with Gasteiger partial charge in [0.25, 0.3) is 0 Å². The van der Waals surface area contributed by atoms with E-state index in [1.807, 2.05) is 17.5 Å². The molecule has 0 bridgehead atoms. The van der Waals surface area contributed by atoms with E-state index in [0.717, 1.165) is 9.18 Å². The molecule has 3 rings (SSSR count). The van der Waals surface area contributed by atoms with Gasteiger partial charge in [-0.1, -0.05) is 17.3 Å². The second-order valence-electron chi connectivity index (χ2n) is 5.27. The van der Waals surface area contributed by atoms with Crippen molar-refractivity contribution in [3.63, 3.8) is 0 Å². The Morgan fingerprint density at radius 3 is 2.81 bits per heavy atom. The molecule has 0 unspecified atom stereocenters. The van der Waals surface area contributed by atoms with Gasteiger partial charge >= 0.3 is 5.97 Å². The van der Waals surface area contributed by atoms with Crippen LogP contribution in [0.3, 0.4) is 0 Å². The number of rotatable bonds is 6. The summed E-state index contributed by atoms with van der Waals surface area (Å²) >= 11 is 1.46. The van der Waals surface area contributed by atoms with Crippen LogP contribution in [-0.2, 0) is 21.3 Å². The molecule has 8 nitrogen and oxygen atoms in total. The molecule has 0 fully saturated rings. The molecule has 0 aliphatic heterocycles. The Labute approximate surface area is 154 Å². The number of hydrogen-bond acceptors (Lipinski definition) is 8. The van der Waals surface area contributed by atoms with Crippen LogP contribution in [0.5, 0.6) is 0 Å². The minimum Gasteiger partial charge on any atom is -0.465 e. The fourth-order valence-corrected chi connectivity index (χ4v) is 4.00. The van der Waals surface area contributed by atoms with Crippen molar-refractivity contribution >= 4 is 27.3 Å². The summed E-state index contributed by atoms with van der Waals surface area (Å²) in [4.78, 5) is 16.6. The van der Waals surface area contributed by atoms with E-state index in [1.54, 1.807) is 0 Å². The Morgan fingerprint density at radius 2 is 2.12 bits per heavy atom. The molecule has 10 heteroatoms. The van der Waals surface area contributed by atoms with Crippen LogP contribution in [0.15, 0.2) is 51.2 Å². The minimum absolute atomic E-state index is 0.0269. The Bertz CT molecular complexity index is 1010. The highest BCUT2D eigenvalue weighted by atomic mass is 32.2. The van der Waals surface area contributed by atoms with Gasteiger partial charge in [0, 0.05) is 7.05 Å². The maximum Gasteiger partial charge on any atom is 0.337 e. The summed E-state index contributed by atoms with van der Waals surface area (Å²) in [7, 11) is -1.22. The lowest BCUT2D eigenvalue weighted by Gasteiger charge is -2.15. The number of benzene rings is 1. The summed E-state index contributed by atoms with van der Waals surface area (Å²) in [5.74, 6) is -0.0284. The van der Waals surface area contributed by atoms with Crippen LogP contribution in [0.1, 0.15) is 16.2 Å². The molecule has 3 aromatic rings. The monoisotopic (exact) mass is 393 g/mol. The van der Waals surface area contributed by atoms with E-state index in [4.69, 9.17) is 4.52 Å². The second kappa shape index (κ2) is 7.36. The lowest BCUT2D eigenvalue weighted by molar-refractivity contribution is 0.0600. The average Bonchev–Trinajstić information content (AvgIpc) is 3.32. The van der Waals surface area contributed by atoms with Gasteiger partial charge < -0.3 is 9.26 Å². The normalized spacial score (nSPS) is 11.7. The van der Waals surface area contributed by atoms with Gasteiger partial charge in [0.15, 0.2) is 0 Å². The van der Waals surface area contributed by atoms with Gasteiger partial charge in [0.05, 0.1) is 29.0 Å². The third-order valence-electron chi connectivity index (χ3n) is 3.53. The Balaban J connectivity index is 1.80. The fourth-order valence-electron chi connectivity index (χ4n) is 2.18. The third kappa shape index (κ3) is 3.66. The molecule has 136 valence electrons. The lowest BCUT2D eigenvalue weighted by atomic mass is 10.2. The van der Waals surface area contributed by atoms with Crippen LogP contribution >= 0.6 is 11.3 Å². The third-order valence-corrected chi connectivity index (χ3v) is 6.20. The summed E-state index contributed by atoms with van der Waals surface area (Å²) in [5.41, 5.74) is 0.153. The molecule has 0 spiro atoms. The number of nitrogens with zero attached hydrogens (tertiary/aromatic N) is 3. The minimum atomic E-state index is -3.85. The predicted octanol–water partition coefficient (Wildman–Crippen LogP) is 2.41. The second-order valence-corrected chi connectivity index (χ2v) is 8.26.